The molecule has 17 heavy (non-hydrogen) atoms. The summed E-state index contributed by atoms with van der Waals surface area (Å²) in [6.07, 6.45) is 0.549. The lowest BCUT2D eigenvalue weighted by molar-refractivity contribution is -0.124. The summed E-state index contributed by atoms with van der Waals surface area (Å²) in [6, 6.07) is 6.28. The number of hydrogen-bond acceptors (Lipinski definition) is 2. The number of imide groups is 1. The van der Waals surface area contributed by atoms with E-state index in [0.29, 0.717) is 23.1 Å². The topological polar surface area (TPSA) is 46.2 Å². The number of carbonyl (C=O) groups excluding carboxylic acids is 2. The quantitative estimate of drug-likeness (QED) is 0.627. The Balaban J connectivity index is 2.54. The van der Waals surface area contributed by atoms with Crippen molar-refractivity contribution >= 4 is 17.4 Å². The van der Waals surface area contributed by atoms with Crippen LogP contribution in [0, 0.1) is 5.82 Å². The highest BCUT2D eigenvalue weighted by Gasteiger charge is 2.27. The largest absolute Gasteiger partial charge is 0.292 e. The van der Waals surface area contributed by atoms with Crippen LogP contribution in [0.25, 0.3) is 5.57 Å². The molecule has 1 aromatic carbocycles. The number of halogens is 1. The summed E-state index contributed by atoms with van der Waals surface area (Å²) in [5, 5.41) is 2.21. The number of hydrogen-bond donors (Lipinski definition) is 1. The van der Waals surface area contributed by atoms with E-state index in [1.807, 2.05) is 6.92 Å². The molecule has 1 aliphatic heterocycles. The third-order valence-corrected chi connectivity index (χ3v) is 2.78. The zero-order chi connectivity index (χ0) is 12.4. The Kier molecular flexibility index (Phi) is 3.04. The first-order valence-electron chi connectivity index (χ1n) is 5.44. The van der Waals surface area contributed by atoms with Gasteiger partial charge in [0.05, 0.1) is 6.42 Å². The van der Waals surface area contributed by atoms with Gasteiger partial charge in [0.15, 0.2) is 0 Å². The maximum absolute atomic E-state index is 13.7. The van der Waals surface area contributed by atoms with Crippen LogP contribution in [-0.2, 0) is 9.59 Å². The highest BCUT2D eigenvalue weighted by atomic mass is 19.1. The van der Waals surface area contributed by atoms with Gasteiger partial charge in [0.1, 0.15) is 5.82 Å². The third-order valence-electron chi connectivity index (χ3n) is 2.78. The second kappa shape index (κ2) is 4.49. The van der Waals surface area contributed by atoms with E-state index in [0.717, 1.165) is 0 Å². The van der Waals surface area contributed by atoms with E-state index in [9.17, 15) is 14.0 Å². The normalized spacial score (nSPS) is 18.2. The van der Waals surface area contributed by atoms with Crippen molar-refractivity contribution in [1.29, 1.82) is 0 Å². The molecule has 1 saturated heterocycles. The Morgan fingerprint density at radius 1 is 1.35 bits per heavy atom. The summed E-state index contributed by atoms with van der Waals surface area (Å²) in [5.41, 5.74) is 1.38. The van der Waals surface area contributed by atoms with Gasteiger partial charge in [-0.15, -0.1) is 0 Å². The van der Waals surface area contributed by atoms with Gasteiger partial charge in [0.2, 0.25) is 5.91 Å². The second-order valence-electron chi connectivity index (χ2n) is 3.84. The summed E-state index contributed by atoms with van der Waals surface area (Å²) < 4.78 is 13.7. The summed E-state index contributed by atoms with van der Waals surface area (Å²) >= 11 is 0. The monoisotopic (exact) mass is 233 g/mol. The molecule has 3 nitrogen and oxygen atoms in total. The van der Waals surface area contributed by atoms with Gasteiger partial charge in [0.25, 0.3) is 5.91 Å². The highest BCUT2D eigenvalue weighted by molar-refractivity contribution is 6.17. The molecule has 0 aliphatic carbocycles. The SMILES string of the molecule is CC/C(=C1/CC(=O)NC1=O)c1ccccc1F. The Morgan fingerprint density at radius 3 is 2.59 bits per heavy atom. The van der Waals surface area contributed by atoms with E-state index < -0.39 is 5.91 Å². The van der Waals surface area contributed by atoms with E-state index in [2.05, 4.69) is 5.32 Å². The predicted molar refractivity (Wildman–Crippen MR) is 61.4 cm³/mol. The van der Waals surface area contributed by atoms with Gasteiger partial charge in [0, 0.05) is 11.1 Å². The first-order valence-corrected chi connectivity index (χ1v) is 5.44. The first-order chi connectivity index (χ1) is 8.13. The Hall–Kier alpha value is -1.97. The Labute approximate surface area is 98.3 Å². The fraction of sp³-hybridized carbons (Fsp3) is 0.231. The van der Waals surface area contributed by atoms with Crippen LogP contribution in [-0.4, -0.2) is 11.8 Å². The number of amides is 2. The van der Waals surface area contributed by atoms with E-state index in [1.54, 1.807) is 18.2 Å². The molecule has 0 aromatic heterocycles. The molecule has 0 radical (unpaired) electrons. The van der Waals surface area contributed by atoms with Crippen LogP contribution in [0.2, 0.25) is 0 Å². The van der Waals surface area contributed by atoms with Crippen molar-refractivity contribution in [1.82, 2.24) is 5.32 Å². The number of nitrogens with one attached hydrogen (secondary N) is 1. The smallest absolute Gasteiger partial charge is 0.254 e. The highest BCUT2D eigenvalue weighted by Crippen LogP contribution is 2.28. The third kappa shape index (κ3) is 2.11. The van der Waals surface area contributed by atoms with Crippen LogP contribution in [0.15, 0.2) is 29.8 Å². The van der Waals surface area contributed by atoms with Gasteiger partial charge >= 0.3 is 0 Å². The van der Waals surface area contributed by atoms with Crippen molar-refractivity contribution < 1.29 is 14.0 Å². The predicted octanol–water partition coefficient (Wildman–Crippen LogP) is 2.04. The van der Waals surface area contributed by atoms with Crippen molar-refractivity contribution in [2.75, 3.05) is 0 Å². The van der Waals surface area contributed by atoms with Gasteiger partial charge in [-0.25, -0.2) is 4.39 Å². The number of benzene rings is 1. The van der Waals surface area contributed by atoms with Crippen molar-refractivity contribution in [3.8, 4) is 0 Å². The lowest BCUT2D eigenvalue weighted by Crippen LogP contribution is -2.19. The maximum atomic E-state index is 13.7. The van der Waals surface area contributed by atoms with Gasteiger partial charge < -0.3 is 0 Å². The lowest BCUT2D eigenvalue weighted by atomic mass is 9.96. The van der Waals surface area contributed by atoms with Gasteiger partial charge in [-0.05, 0) is 18.1 Å². The molecule has 0 saturated carbocycles. The van der Waals surface area contributed by atoms with Crippen LogP contribution in [0.4, 0.5) is 4.39 Å². The van der Waals surface area contributed by atoms with E-state index in [1.165, 1.54) is 6.07 Å². The number of allylic oxidation sites excluding steroid dienone is 1. The average molecular weight is 233 g/mol. The summed E-state index contributed by atoms with van der Waals surface area (Å²) in [4.78, 5) is 22.7. The second-order valence-corrected chi connectivity index (χ2v) is 3.84. The molecule has 1 aromatic rings. The molecule has 0 spiro atoms. The van der Waals surface area contributed by atoms with Crippen LogP contribution < -0.4 is 5.32 Å². The molecular formula is C13H12FNO2. The van der Waals surface area contributed by atoms with Crippen LogP contribution in [0.5, 0.6) is 0 Å². The van der Waals surface area contributed by atoms with Gasteiger partial charge in [-0.2, -0.15) is 0 Å². The molecule has 88 valence electrons. The van der Waals surface area contributed by atoms with Crippen molar-refractivity contribution in [3.63, 3.8) is 0 Å². The van der Waals surface area contributed by atoms with Crippen molar-refractivity contribution in [3.05, 3.63) is 41.2 Å². The molecule has 4 heteroatoms. The summed E-state index contributed by atoms with van der Waals surface area (Å²) in [5.74, 6) is -1.11. The molecule has 2 amide bonds. The molecule has 1 aliphatic rings. The molecule has 1 heterocycles. The van der Waals surface area contributed by atoms with Crippen molar-refractivity contribution in [2.24, 2.45) is 0 Å². The van der Waals surface area contributed by atoms with Crippen molar-refractivity contribution in [2.45, 2.75) is 19.8 Å². The Morgan fingerprint density at radius 2 is 2.06 bits per heavy atom. The minimum absolute atomic E-state index is 0.0380. The van der Waals surface area contributed by atoms with Crippen LogP contribution in [0.3, 0.4) is 0 Å². The maximum Gasteiger partial charge on any atom is 0.254 e. The molecule has 2 rings (SSSR count). The summed E-state index contributed by atoms with van der Waals surface area (Å²) in [6.45, 7) is 1.84. The first kappa shape index (κ1) is 11.5. The van der Waals surface area contributed by atoms with Crippen LogP contribution >= 0.6 is 0 Å². The molecule has 0 unspecified atom stereocenters. The zero-order valence-electron chi connectivity index (χ0n) is 9.42. The molecular weight excluding hydrogens is 221 g/mol. The van der Waals surface area contributed by atoms with E-state index in [-0.39, 0.29) is 18.1 Å². The van der Waals surface area contributed by atoms with Gasteiger partial charge in [-0.1, -0.05) is 25.1 Å². The summed E-state index contributed by atoms with van der Waals surface area (Å²) in [7, 11) is 0. The molecule has 1 N–H and O–H groups in total. The Bertz CT molecular complexity index is 520. The lowest BCUT2D eigenvalue weighted by Gasteiger charge is -2.08. The average Bonchev–Trinajstić information content (AvgIpc) is 2.62. The number of rotatable bonds is 2. The molecule has 0 bridgehead atoms. The fourth-order valence-electron chi connectivity index (χ4n) is 2.00. The minimum atomic E-state index is -0.407. The van der Waals surface area contributed by atoms with Crippen LogP contribution in [0.1, 0.15) is 25.3 Å². The van der Waals surface area contributed by atoms with Gasteiger partial charge in [-0.3, -0.25) is 14.9 Å². The van der Waals surface area contributed by atoms with E-state index >= 15 is 0 Å². The molecule has 0 atom stereocenters. The van der Waals surface area contributed by atoms with E-state index in [4.69, 9.17) is 0 Å². The number of carbonyl (C=O) groups is 2. The molecule has 1 fully saturated rings. The standard InChI is InChI=1S/C13H12FNO2/c1-2-8(9-5-3-4-6-11(9)14)10-7-12(16)15-13(10)17/h3-6H,2,7H2,1H3,(H,15,16,17)/b10-8+. The zero-order valence-corrected chi connectivity index (χ0v) is 9.42. The minimum Gasteiger partial charge on any atom is -0.292 e. The fourth-order valence-corrected chi connectivity index (χ4v) is 2.00.